The second kappa shape index (κ2) is 6.46. The van der Waals surface area contributed by atoms with Gasteiger partial charge in [0.1, 0.15) is 0 Å². The Morgan fingerprint density at radius 2 is 1.00 bits per heavy atom. The topological polar surface area (TPSA) is 60.7 Å². The van der Waals surface area contributed by atoms with E-state index in [1.165, 1.54) is 0 Å². The van der Waals surface area contributed by atoms with E-state index in [9.17, 15) is 14.7 Å². The standard InChI is InChI=1S/C20H20O3P/c1-14-18(16-9-5-3-6-10-16)13-19(17-11-7-4-8-12-17)15(2)20(14)24(21,22)23/h3-13,21-23H,1-2H3/q+1. The molecule has 0 saturated heterocycles. The smallest absolute Gasteiger partial charge is 0.189 e. The molecule has 0 spiro atoms. The normalized spacial score (nSPS) is 11.5. The van der Waals surface area contributed by atoms with Gasteiger partial charge in [0.05, 0.1) is 0 Å². The first-order valence-electron chi connectivity index (χ1n) is 7.72. The van der Waals surface area contributed by atoms with E-state index in [0.717, 1.165) is 22.3 Å². The first kappa shape index (κ1) is 16.8. The second-order valence-electron chi connectivity index (χ2n) is 5.87. The average Bonchev–Trinajstić information content (AvgIpc) is 2.55. The van der Waals surface area contributed by atoms with Crippen molar-refractivity contribution in [3.63, 3.8) is 0 Å². The molecule has 0 amide bonds. The quantitative estimate of drug-likeness (QED) is 0.632. The summed E-state index contributed by atoms with van der Waals surface area (Å²) in [5.41, 5.74) is 5.11. The van der Waals surface area contributed by atoms with Crippen molar-refractivity contribution in [1.82, 2.24) is 0 Å². The number of rotatable bonds is 3. The maximum Gasteiger partial charge on any atom is 0.441 e. The van der Waals surface area contributed by atoms with Crippen LogP contribution in [0.4, 0.5) is 0 Å². The first-order valence-corrected chi connectivity index (χ1v) is 9.37. The van der Waals surface area contributed by atoms with Gasteiger partial charge in [0.2, 0.25) is 0 Å². The molecule has 3 rings (SSSR count). The highest BCUT2D eigenvalue weighted by molar-refractivity contribution is 7.67. The van der Waals surface area contributed by atoms with Crippen molar-refractivity contribution >= 4 is 13.2 Å². The summed E-state index contributed by atoms with van der Waals surface area (Å²) in [4.78, 5) is 30.0. The molecule has 0 unspecified atom stereocenters. The molecule has 3 aromatic carbocycles. The second-order valence-corrected chi connectivity index (χ2v) is 7.45. The highest BCUT2D eigenvalue weighted by atomic mass is 31.2. The Morgan fingerprint density at radius 1 is 0.625 bits per heavy atom. The fraction of sp³-hybridized carbons (Fsp3) is 0.100. The van der Waals surface area contributed by atoms with Crippen molar-refractivity contribution in [2.75, 3.05) is 0 Å². The summed E-state index contributed by atoms with van der Waals surface area (Å²) in [5, 5.41) is 0.239. The van der Waals surface area contributed by atoms with Gasteiger partial charge in [0, 0.05) is 11.1 Å². The van der Waals surface area contributed by atoms with Crippen molar-refractivity contribution in [3.8, 4) is 22.3 Å². The summed E-state index contributed by atoms with van der Waals surface area (Å²) in [6.45, 7) is 3.63. The molecule has 0 aliphatic rings. The molecule has 0 radical (unpaired) electrons. The van der Waals surface area contributed by atoms with Crippen molar-refractivity contribution in [1.29, 1.82) is 0 Å². The van der Waals surface area contributed by atoms with Gasteiger partial charge in [-0.05, 0) is 42.2 Å². The van der Waals surface area contributed by atoms with Crippen LogP contribution in [0, 0.1) is 13.8 Å². The van der Waals surface area contributed by atoms with Crippen LogP contribution in [-0.2, 0) is 0 Å². The van der Waals surface area contributed by atoms with E-state index in [1.807, 2.05) is 74.5 Å². The van der Waals surface area contributed by atoms with Gasteiger partial charge in [-0.2, -0.15) is 14.7 Å². The summed E-state index contributed by atoms with van der Waals surface area (Å²) < 4.78 is 0. The zero-order valence-electron chi connectivity index (χ0n) is 13.6. The summed E-state index contributed by atoms with van der Waals surface area (Å²) in [6.07, 6.45) is 0. The van der Waals surface area contributed by atoms with Crippen molar-refractivity contribution in [2.45, 2.75) is 13.8 Å². The number of hydrogen-bond acceptors (Lipinski definition) is 3. The minimum atomic E-state index is -4.14. The third kappa shape index (κ3) is 3.12. The molecular weight excluding hydrogens is 319 g/mol. The molecule has 3 nitrogen and oxygen atoms in total. The van der Waals surface area contributed by atoms with Crippen LogP contribution in [0.3, 0.4) is 0 Å². The zero-order valence-corrected chi connectivity index (χ0v) is 14.5. The maximum absolute atomic E-state index is 10.0. The molecule has 122 valence electrons. The molecule has 0 aliphatic heterocycles. The monoisotopic (exact) mass is 339 g/mol. The SMILES string of the molecule is Cc1c(-c2ccccc2)cc(-c2ccccc2)c(C)c1[P+](O)(O)O. The van der Waals surface area contributed by atoms with E-state index in [-0.39, 0.29) is 5.30 Å². The molecule has 0 fully saturated rings. The molecule has 4 heteroatoms. The summed E-state index contributed by atoms with van der Waals surface area (Å²) in [6, 6.07) is 21.6. The van der Waals surface area contributed by atoms with Crippen molar-refractivity contribution < 1.29 is 14.7 Å². The van der Waals surface area contributed by atoms with Gasteiger partial charge in [-0.15, -0.1) is 0 Å². The lowest BCUT2D eigenvalue weighted by atomic mass is 9.91. The maximum atomic E-state index is 10.0. The van der Waals surface area contributed by atoms with E-state index in [0.29, 0.717) is 11.1 Å². The molecular formula is C20H20O3P+. The molecule has 24 heavy (non-hydrogen) atoms. The zero-order chi connectivity index (χ0) is 17.3. The molecule has 3 N–H and O–H groups in total. The fourth-order valence-corrected chi connectivity index (χ4v) is 4.32. The molecule has 0 aromatic heterocycles. The first-order chi connectivity index (χ1) is 11.4. The Labute approximate surface area is 142 Å². The van der Waals surface area contributed by atoms with Crippen molar-refractivity contribution in [3.05, 3.63) is 77.9 Å². The van der Waals surface area contributed by atoms with Gasteiger partial charge < -0.3 is 0 Å². The van der Waals surface area contributed by atoms with Crippen LogP contribution in [0.1, 0.15) is 11.1 Å². The Bertz CT molecular complexity index is 790. The lowest BCUT2D eigenvalue weighted by Crippen LogP contribution is -2.19. The van der Waals surface area contributed by atoms with Crippen LogP contribution in [0.2, 0.25) is 0 Å². The number of benzene rings is 3. The van der Waals surface area contributed by atoms with Crippen LogP contribution < -0.4 is 5.30 Å². The lowest BCUT2D eigenvalue weighted by Gasteiger charge is -2.18. The highest BCUT2D eigenvalue weighted by Crippen LogP contribution is 2.48. The number of hydrogen-bond donors (Lipinski definition) is 3. The highest BCUT2D eigenvalue weighted by Gasteiger charge is 2.40. The predicted octanol–water partition coefficient (Wildman–Crippen LogP) is 4.00. The molecule has 0 aliphatic carbocycles. The van der Waals surface area contributed by atoms with E-state index in [1.54, 1.807) is 0 Å². The predicted molar refractivity (Wildman–Crippen MR) is 100.0 cm³/mol. The fourth-order valence-electron chi connectivity index (χ4n) is 3.18. The van der Waals surface area contributed by atoms with Gasteiger partial charge in [0.25, 0.3) is 0 Å². The lowest BCUT2D eigenvalue weighted by molar-refractivity contribution is 0.347. The Kier molecular flexibility index (Phi) is 4.53. The molecule has 0 saturated carbocycles. The Balaban J connectivity index is 2.36. The molecule has 0 atom stereocenters. The van der Waals surface area contributed by atoms with Gasteiger partial charge in [-0.3, -0.25) is 0 Å². The van der Waals surface area contributed by atoms with Crippen LogP contribution in [0.5, 0.6) is 0 Å². The van der Waals surface area contributed by atoms with E-state index >= 15 is 0 Å². The van der Waals surface area contributed by atoms with E-state index < -0.39 is 7.94 Å². The minimum Gasteiger partial charge on any atom is -0.189 e. The van der Waals surface area contributed by atoms with Gasteiger partial charge >= 0.3 is 7.94 Å². The molecule has 0 heterocycles. The molecule has 3 aromatic rings. The molecule has 0 bridgehead atoms. The van der Waals surface area contributed by atoms with Gasteiger partial charge in [-0.25, -0.2) is 0 Å². The van der Waals surface area contributed by atoms with Crippen molar-refractivity contribution in [2.24, 2.45) is 0 Å². The van der Waals surface area contributed by atoms with E-state index in [2.05, 4.69) is 6.07 Å². The minimum absolute atomic E-state index is 0.239. The van der Waals surface area contributed by atoms with Crippen LogP contribution in [0.15, 0.2) is 66.7 Å². The third-order valence-electron chi connectivity index (χ3n) is 4.28. The van der Waals surface area contributed by atoms with Gasteiger partial charge in [-0.1, -0.05) is 60.7 Å². The summed E-state index contributed by atoms with van der Waals surface area (Å²) >= 11 is 0. The third-order valence-corrected chi connectivity index (χ3v) is 5.55. The summed E-state index contributed by atoms with van der Waals surface area (Å²) in [5.74, 6) is 0. The summed E-state index contributed by atoms with van der Waals surface area (Å²) in [7, 11) is -4.14. The van der Waals surface area contributed by atoms with Crippen LogP contribution in [0.25, 0.3) is 22.3 Å². The van der Waals surface area contributed by atoms with Crippen LogP contribution >= 0.6 is 7.94 Å². The van der Waals surface area contributed by atoms with Gasteiger partial charge in [0.15, 0.2) is 5.30 Å². The van der Waals surface area contributed by atoms with Crippen LogP contribution in [-0.4, -0.2) is 14.7 Å². The Morgan fingerprint density at radius 3 is 1.33 bits per heavy atom. The average molecular weight is 339 g/mol. The van der Waals surface area contributed by atoms with E-state index in [4.69, 9.17) is 0 Å². The Hall–Kier alpha value is -2.03. The largest absolute Gasteiger partial charge is 0.441 e.